The Bertz CT molecular complexity index is 708. The van der Waals surface area contributed by atoms with Gasteiger partial charge in [0.15, 0.2) is 0 Å². The van der Waals surface area contributed by atoms with E-state index in [2.05, 4.69) is 22.5 Å². The lowest BCUT2D eigenvalue weighted by Crippen LogP contribution is -2.47. The van der Waals surface area contributed by atoms with Gasteiger partial charge in [-0.2, -0.15) is 0 Å². The van der Waals surface area contributed by atoms with E-state index in [9.17, 15) is 14.4 Å². The van der Waals surface area contributed by atoms with Gasteiger partial charge in [0, 0.05) is 19.4 Å². The highest BCUT2D eigenvalue weighted by Crippen LogP contribution is 2.10. The summed E-state index contributed by atoms with van der Waals surface area (Å²) in [4.78, 5) is 35.0. The van der Waals surface area contributed by atoms with E-state index >= 15 is 0 Å². The first-order valence-electron chi connectivity index (χ1n) is 13.2. The smallest absolute Gasteiger partial charge is 0.246 e. The first-order valence-corrected chi connectivity index (χ1v) is 13.2. The average Bonchev–Trinajstić information content (AvgIpc) is 2.83. The van der Waals surface area contributed by atoms with Crippen molar-refractivity contribution in [1.82, 2.24) is 10.6 Å². The summed E-state index contributed by atoms with van der Waals surface area (Å²) in [6, 6.07) is -0.677. The summed E-state index contributed by atoms with van der Waals surface area (Å²) in [7, 11) is 0. The first kappa shape index (κ1) is 32.8. The molecule has 0 heterocycles. The molecule has 1 rings (SSSR count). The van der Waals surface area contributed by atoms with Crippen molar-refractivity contribution in [3.63, 3.8) is 0 Å². The Kier molecular flexibility index (Phi) is 19.3. The number of nitrogens with one attached hydrogen (secondary N) is 2. The van der Waals surface area contributed by atoms with Gasteiger partial charge < -0.3 is 40.1 Å². The molecule has 1 aliphatic carbocycles. The maximum absolute atomic E-state index is 11.9. The van der Waals surface area contributed by atoms with Crippen LogP contribution in [0.4, 0.5) is 0 Å². The number of carbonyl (C=O) groups excluding carboxylic acids is 3. The number of hydrogen-bond donors (Lipinski definition) is 3. The Morgan fingerprint density at radius 3 is 2.11 bits per heavy atom. The van der Waals surface area contributed by atoms with E-state index in [1.807, 2.05) is 13.8 Å². The lowest BCUT2D eigenvalue weighted by Gasteiger charge is -2.18. The van der Waals surface area contributed by atoms with Crippen LogP contribution in [-0.4, -0.2) is 95.9 Å². The van der Waals surface area contributed by atoms with Crippen LogP contribution in [0.15, 0.2) is 0 Å². The third-order valence-electron chi connectivity index (χ3n) is 5.39. The van der Waals surface area contributed by atoms with Crippen LogP contribution >= 0.6 is 0 Å². The third kappa shape index (κ3) is 18.6. The van der Waals surface area contributed by atoms with E-state index in [1.54, 1.807) is 0 Å². The zero-order valence-corrected chi connectivity index (χ0v) is 22.4. The Morgan fingerprint density at radius 2 is 1.49 bits per heavy atom. The molecule has 11 nitrogen and oxygen atoms in total. The topological polar surface area (TPSA) is 147 Å². The van der Waals surface area contributed by atoms with Gasteiger partial charge in [-0.25, -0.2) is 0 Å². The van der Waals surface area contributed by atoms with Gasteiger partial charge >= 0.3 is 0 Å². The minimum Gasteiger partial charge on any atom is -0.379 e. The van der Waals surface area contributed by atoms with Crippen LogP contribution in [0.1, 0.15) is 52.4 Å². The normalized spacial score (nSPS) is 16.2. The second kappa shape index (κ2) is 21.8. The molecule has 37 heavy (non-hydrogen) atoms. The molecular weight excluding hydrogens is 482 g/mol. The number of hydrogen-bond acceptors (Lipinski definition) is 8. The van der Waals surface area contributed by atoms with E-state index in [1.165, 1.54) is 0 Å². The highest BCUT2D eigenvalue weighted by atomic mass is 16.6. The van der Waals surface area contributed by atoms with Gasteiger partial charge in [-0.3, -0.25) is 14.4 Å². The summed E-state index contributed by atoms with van der Waals surface area (Å²) in [6.45, 7) is 7.10. The number of primary amides is 1. The molecule has 0 spiro atoms. The zero-order chi connectivity index (χ0) is 27.1. The minimum absolute atomic E-state index is 0.0124. The van der Waals surface area contributed by atoms with Crippen LogP contribution < -0.4 is 16.4 Å². The van der Waals surface area contributed by atoms with Crippen molar-refractivity contribution < 1.29 is 38.1 Å². The van der Waals surface area contributed by atoms with E-state index in [0.29, 0.717) is 52.8 Å². The van der Waals surface area contributed by atoms with Gasteiger partial charge in [-0.15, -0.1) is 5.92 Å². The fraction of sp³-hybridized carbons (Fsp3) is 0.808. The molecule has 2 unspecified atom stereocenters. The van der Waals surface area contributed by atoms with E-state index in [4.69, 9.17) is 29.4 Å². The van der Waals surface area contributed by atoms with Crippen molar-refractivity contribution >= 4 is 17.7 Å². The van der Waals surface area contributed by atoms with E-state index < -0.39 is 11.9 Å². The summed E-state index contributed by atoms with van der Waals surface area (Å²) < 4.78 is 27.2. The van der Waals surface area contributed by atoms with Crippen molar-refractivity contribution in [2.75, 3.05) is 66.0 Å². The quantitative estimate of drug-likeness (QED) is 0.145. The first-order chi connectivity index (χ1) is 17.9. The molecule has 212 valence electrons. The largest absolute Gasteiger partial charge is 0.379 e. The van der Waals surface area contributed by atoms with Crippen LogP contribution in [-0.2, 0) is 38.1 Å². The predicted octanol–water partition coefficient (Wildman–Crippen LogP) is 0.538. The Labute approximate surface area is 220 Å². The molecular formula is C26H45N3O8. The van der Waals surface area contributed by atoms with E-state index in [-0.39, 0.29) is 43.5 Å². The molecule has 0 aliphatic heterocycles. The van der Waals surface area contributed by atoms with E-state index in [0.717, 1.165) is 32.1 Å². The molecule has 2 atom stereocenters. The van der Waals surface area contributed by atoms with Gasteiger partial charge in [0.05, 0.1) is 52.9 Å². The summed E-state index contributed by atoms with van der Waals surface area (Å²) in [6.07, 6.45) is 5.16. The molecule has 11 heteroatoms. The van der Waals surface area contributed by atoms with Gasteiger partial charge in [0.2, 0.25) is 17.7 Å². The molecule has 0 radical (unpaired) electrons. The molecule has 0 bridgehead atoms. The number of ether oxygens (including phenoxy) is 5. The van der Waals surface area contributed by atoms with Crippen LogP contribution in [0.2, 0.25) is 0 Å². The third-order valence-corrected chi connectivity index (χ3v) is 5.39. The van der Waals surface area contributed by atoms with Gasteiger partial charge in [0.1, 0.15) is 18.8 Å². The van der Waals surface area contributed by atoms with Crippen LogP contribution in [0.25, 0.3) is 0 Å². The number of rotatable bonds is 21. The fourth-order valence-electron chi connectivity index (χ4n) is 3.33. The molecule has 0 aromatic heterocycles. The molecule has 0 aromatic carbocycles. The predicted molar refractivity (Wildman–Crippen MR) is 137 cm³/mol. The summed E-state index contributed by atoms with van der Waals surface area (Å²) in [5.74, 6) is 5.11. The Morgan fingerprint density at radius 1 is 0.865 bits per heavy atom. The van der Waals surface area contributed by atoms with Crippen molar-refractivity contribution in [3.8, 4) is 11.8 Å². The maximum Gasteiger partial charge on any atom is 0.246 e. The molecule has 4 N–H and O–H groups in total. The second-order valence-electron chi connectivity index (χ2n) is 8.96. The monoisotopic (exact) mass is 527 g/mol. The number of amides is 3. The van der Waals surface area contributed by atoms with Crippen LogP contribution in [0.3, 0.4) is 0 Å². The standard InChI is InChI=1S/C26H45N3O8/c1-21(2)25(26(27)32)29-23(30)10-12-33-14-16-35-18-19-36-17-15-34-13-11-28-24(31)20-37-22-8-6-4-3-5-7-9-22/h21-22,25H,3-6,8,10-20H2,1-2H3,(H2,27,32)(H,28,31)(H,29,30). The fourth-order valence-corrected chi connectivity index (χ4v) is 3.33. The summed E-state index contributed by atoms with van der Waals surface area (Å²) in [5, 5.41) is 5.37. The van der Waals surface area contributed by atoms with Gasteiger partial charge in [0.25, 0.3) is 0 Å². The maximum atomic E-state index is 11.9. The molecule has 1 aliphatic rings. The SMILES string of the molecule is CC(C)C(NC(=O)CCOCCOCCOCCOCCNC(=O)COC1C#CCCCCC1)C(N)=O. The molecule has 0 saturated heterocycles. The van der Waals surface area contributed by atoms with Gasteiger partial charge in [-0.1, -0.05) is 26.2 Å². The molecule has 0 aromatic rings. The molecule has 3 amide bonds. The van der Waals surface area contributed by atoms with Crippen molar-refractivity contribution in [1.29, 1.82) is 0 Å². The van der Waals surface area contributed by atoms with Crippen LogP contribution in [0, 0.1) is 17.8 Å². The Balaban J connectivity index is 1.84. The second-order valence-corrected chi connectivity index (χ2v) is 8.96. The van der Waals surface area contributed by atoms with Crippen LogP contribution in [0.5, 0.6) is 0 Å². The lowest BCUT2D eigenvalue weighted by atomic mass is 10.0. The van der Waals surface area contributed by atoms with Crippen molar-refractivity contribution in [2.45, 2.75) is 64.5 Å². The molecule has 0 fully saturated rings. The number of carbonyl (C=O) groups is 3. The van der Waals surface area contributed by atoms with Crippen molar-refractivity contribution in [2.24, 2.45) is 11.7 Å². The lowest BCUT2D eigenvalue weighted by molar-refractivity contribution is -0.129. The minimum atomic E-state index is -0.677. The number of nitrogens with two attached hydrogens (primary N) is 1. The summed E-state index contributed by atoms with van der Waals surface area (Å²) in [5.41, 5.74) is 5.27. The van der Waals surface area contributed by atoms with Gasteiger partial charge in [-0.05, 0) is 25.2 Å². The molecule has 0 saturated carbocycles. The highest BCUT2D eigenvalue weighted by molar-refractivity contribution is 5.86. The average molecular weight is 528 g/mol. The summed E-state index contributed by atoms with van der Waals surface area (Å²) >= 11 is 0. The highest BCUT2D eigenvalue weighted by Gasteiger charge is 2.21. The Hall–Kier alpha value is -2.23. The van der Waals surface area contributed by atoms with Crippen molar-refractivity contribution in [3.05, 3.63) is 0 Å². The zero-order valence-electron chi connectivity index (χ0n) is 22.4.